The molecule has 4 atom stereocenters. The molecule has 0 unspecified atom stereocenters. The third-order valence-electron chi connectivity index (χ3n) is 6.00. The molecular formula is C21H30N2O2. The van der Waals surface area contributed by atoms with E-state index in [0.29, 0.717) is 24.4 Å². The number of nitrogens with one attached hydrogen (secondary N) is 2. The van der Waals surface area contributed by atoms with Crippen LogP contribution in [0.3, 0.4) is 0 Å². The Morgan fingerprint density at radius 1 is 1.24 bits per heavy atom. The molecule has 0 saturated heterocycles. The molecule has 0 radical (unpaired) electrons. The van der Waals surface area contributed by atoms with Gasteiger partial charge in [0.05, 0.1) is 0 Å². The molecule has 0 aromatic heterocycles. The standard InChI is InChI=1S/C21H30N2O2/c1-3-14(2)23-21(25)18-6-4-5-16(11-18)13-22-20(24)12-19-10-15-7-8-17(19)9-15/h4-6,11,14-15,17,19H,3,7-10,12-13H2,1-2H3,(H,22,24)(H,23,25)/t14-,15-,17-,19+/m1/s1. The van der Waals surface area contributed by atoms with Crippen LogP contribution in [0.15, 0.2) is 24.3 Å². The molecule has 1 aromatic carbocycles. The van der Waals surface area contributed by atoms with Crippen molar-refractivity contribution in [3.05, 3.63) is 35.4 Å². The smallest absolute Gasteiger partial charge is 0.251 e. The van der Waals surface area contributed by atoms with Crippen molar-refractivity contribution in [1.29, 1.82) is 0 Å². The fraction of sp³-hybridized carbons (Fsp3) is 0.619. The molecule has 2 aliphatic rings. The predicted octanol–water partition coefficient (Wildman–Crippen LogP) is 3.66. The third-order valence-corrected chi connectivity index (χ3v) is 6.00. The molecule has 2 bridgehead atoms. The quantitative estimate of drug-likeness (QED) is 0.794. The molecule has 2 N–H and O–H groups in total. The highest BCUT2D eigenvalue weighted by Crippen LogP contribution is 2.49. The molecule has 1 aromatic rings. The van der Waals surface area contributed by atoms with Crippen molar-refractivity contribution in [1.82, 2.24) is 10.6 Å². The van der Waals surface area contributed by atoms with Crippen LogP contribution in [0, 0.1) is 17.8 Å². The van der Waals surface area contributed by atoms with Crippen molar-refractivity contribution in [3.63, 3.8) is 0 Å². The number of benzene rings is 1. The lowest BCUT2D eigenvalue weighted by molar-refractivity contribution is -0.122. The Morgan fingerprint density at radius 2 is 2.08 bits per heavy atom. The van der Waals surface area contributed by atoms with E-state index in [4.69, 9.17) is 0 Å². The summed E-state index contributed by atoms with van der Waals surface area (Å²) in [4.78, 5) is 24.5. The van der Waals surface area contributed by atoms with Gasteiger partial charge in [-0.1, -0.05) is 25.5 Å². The number of fused-ring (bicyclic) bond motifs is 2. The van der Waals surface area contributed by atoms with E-state index in [-0.39, 0.29) is 17.9 Å². The summed E-state index contributed by atoms with van der Waals surface area (Å²) in [6, 6.07) is 7.69. The molecule has 2 aliphatic carbocycles. The fourth-order valence-corrected chi connectivity index (χ4v) is 4.37. The molecule has 0 heterocycles. The summed E-state index contributed by atoms with van der Waals surface area (Å²) in [5, 5.41) is 6.01. The summed E-state index contributed by atoms with van der Waals surface area (Å²) in [5.74, 6) is 2.34. The Bertz CT molecular complexity index is 628. The molecule has 136 valence electrons. The van der Waals surface area contributed by atoms with Gasteiger partial charge >= 0.3 is 0 Å². The first-order valence-electron chi connectivity index (χ1n) is 9.71. The minimum atomic E-state index is -0.0514. The first-order valence-corrected chi connectivity index (χ1v) is 9.71. The highest BCUT2D eigenvalue weighted by atomic mass is 16.2. The minimum absolute atomic E-state index is 0.0514. The summed E-state index contributed by atoms with van der Waals surface area (Å²) < 4.78 is 0. The summed E-state index contributed by atoms with van der Waals surface area (Å²) >= 11 is 0. The van der Waals surface area contributed by atoms with Crippen LogP contribution < -0.4 is 10.6 Å². The Morgan fingerprint density at radius 3 is 2.76 bits per heavy atom. The molecule has 4 nitrogen and oxygen atoms in total. The Labute approximate surface area is 150 Å². The van der Waals surface area contributed by atoms with Gasteiger partial charge in [0.25, 0.3) is 5.91 Å². The van der Waals surface area contributed by atoms with Gasteiger partial charge in [-0.15, -0.1) is 0 Å². The van der Waals surface area contributed by atoms with Crippen molar-refractivity contribution in [3.8, 4) is 0 Å². The summed E-state index contributed by atoms with van der Waals surface area (Å²) in [6.45, 7) is 4.54. The highest BCUT2D eigenvalue weighted by Gasteiger charge is 2.39. The second kappa shape index (κ2) is 8.03. The van der Waals surface area contributed by atoms with E-state index in [0.717, 1.165) is 23.8 Å². The SMILES string of the molecule is CC[C@@H](C)NC(=O)c1cccc(CNC(=O)C[C@@H]2C[C@@H]3CC[C@@H]2C3)c1. The first kappa shape index (κ1) is 18.0. The van der Waals surface area contributed by atoms with Crippen LogP contribution in [0.4, 0.5) is 0 Å². The zero-order chi connectivity index (χ0) is 17.8. The normalized spacial score (nSPS) is 25.6. The number of carbonyl (C=O) groups is 2. The average molecular weight is 342 g/mol. The van der Waals surface area contributed by atoms with Crippen molar-refractivity contribution < 1.29 is 9.59 Å². The molecule has 2 amide bonds. The minimum Gasteiger partial charge on any atom is -0.352 e. The van der Waals surface area contributed by atoms with E-state index in [9.17, 15) is 9.59 Å². The molecule has 25 heavy (non-hydrogen) atoms. The van der Waals surface area contributed by atoms with Crippen LogP contribution in [0.2, 0.25) is 0 Å². The molecule has 2 fully saturated rings. The molecular weight excluding hydrogens is 312 g/mol. The van der Waals surface area contributed by atoms with Crippen LogP contribution in [0.1, 0.15) is 68.3 Å². The lowest BCUT2D eigenvalue weighted by Gasteiger charge is -2.20. The van der Waals surface area contributed by atoms with Gasteiger partial charge in [0.2, 0.25) is 5.91 Å². The second-order valence-corrected chi connectivity index (χ2v) is 7.90. The van der Waals surface area contributed by atoms with E-state index in [1.54, 1.807) is 0 Å². The van der Waals surface area contributed by atoms with Crippen molar-refractivity contribution in [2.75, 3.05) is 0 Å². The Kier molecular flexibility index (Phi) is 5.77. The van der Waals surface area contributed by atoms with Gasteiger partial charge in [0.15, 0.2) is 0 Å². The zero-order valence-electron chi connectivity index (χ0n) is 15.4. The van der Waals surface area contributed by atoms with Gasteiger partial charge in [0, 0.05) is 24.6 Å². The highest BCUT2D eigenvalue weighted by molar-refractivity contribution is 5.94. The first-order chi connectivity index (χ1) is 12.0. The maximum Gasteiger partial charge on any atom is 0.251 e. The number of amides is 2. The summed E-state index contributed by atoms with van der Waals surface area (Å²) in [6.07, 6.45) is 6.83. The molecule has 0 spiro atoms. The van der Waals surface area contributed by atoms with Crippen LogP contribution >= 0.6 is 0 Å². The van der Waals surface area contributed by atoms with Crippen LogP contribution in [0.5, 0.6) is 0 Å². The van der Waals surface area contributed by atoms with Gasteiger partial charge in [-0.2, -0.15) is 0 Å². The van der Waals surface area contributed by atoms with Crippen LogP contribution in [0.25, 0.3) is 0 Å². The number of rotatable bonds is 7. The largest absolute Gasteiger partial charge is 0.352 e. The summed E-state index contributed by atoms with van der Waals surface area (Å²) in [7, 11) is 0. The van der Waals surface area contributed by atoms with Gasteiger partial charge in [-0.05, 0) is 68.1 Å². The Hall–Kier alpha value is -1.84. The van der Waals surface area contributed by atoms with Gasteiger partial charge in [-0.3, -0.25) is 9.59 Å². The lowest BCUT2D eigenvalue weighted by atomic mass is 9.86. The fourth-order valence-electron chi connectivity index (χ4n) is 4.37. The molecule has 0 aliphatic heterocycles. The molecule has 2 saturated carbocycles. The van der Waals surface area contributed by atoms with E-state index in [2.05, 4.69) is 10.6 Å². The maximum absolute atomic E-state index is 12.3. The second-order valence-electron chi connectivity index (χ2n) is 7.90. The number of hydrogen-bond acceptors (Lipinski definition) is 2. The van der Waals surface area contributed by atoms with E-state index < -0.39 is 0 Å². The predicted molar refractivity (Wildman–Crippen MR) is 99.1 cm³/mol. The van der Waals surface area contributed by atoms with Gasteiger partial charge in [0.1, 0.15) is 0 Å². The van der Waals surface area contributed by atoms with Crippen molar-refractivity contribution in [2.45, 2.75) is 65.0 Å². The van der Waals surface area contributed by atoms with Gasteiger partial charge < -0.3 is 10.6 Å². The topological polar surface area (TPSA) is 58.2 Å². The van der Waals surface area contributed by atoms with E-state index in [1.807, 2.05) is 38.1 Å². The van der Waals surface area contributed by atoms with Crippen molar-refractivity contribution >= 4 is 11.8 Å². The maximum atomic E-state index is 12.3. The van der Waals surface area contributed by atoms with E-state index >= 15 is 0 Å². The van der Waals surface area contributed by atoms with Crippen molar-refractivity contribution in [2.24, 2.45) is 17.8 Å². The average Bonchev–Trinajstić information content (AvgIpc) is 3.23. The monoisotopic (exact) mass is 342 g/mol. The lowest BCUT2D eigenvalue weighted by Crippen LogP contribution is -2.32. The van der Waals surface area contributed by atoms with E-state index in [1.165, 1.54) is 25.7 Å². The van der Waals surface area contributed by atoms with Crippen LogP contribution in [-0.4, -0.2) is 17.9 Å². The van der Waals surface area contributed by atoms with Crippen LogP contribution in [-0.2, 0) is 11.3 Å². The summed E-state index contributed by atoms with van der Waals surface area (Å²) in [5.41, 5.74) is 1.62. The molecule has 4 heteroatoms. The molecule has 3 rings (SSSR count). The Balaban J connectivity index is 1.48. The number of hydrogen-bond donors (Lipinski definition) is 2. The van der Waals surface area contributed by atoms with Gasteiger partial charge in [-0.25, -0.2) is 0 Å². The third kappa shape index (κ3) is 4.62. The number of carbonyl (C=O) groups excluding carboxylic acids is 2. The zero-order valence-corrected chi connectivity index (χ0v) is 15.4.